The second-order valence-electron chi connectivity index (χ2n) is 8.56. The summed E-state index contributed by atoms with van der Waals surface area (Å²) in [6.07, 6.45) is -0.756. The van der Waals surface area contributed by atoms with Crippen molar-refractivity contribution in [3.63, 3.8) is 0 Å². The van der Waals surface area contributed by atoms with Gasteiger partial charge in [-0.1, -0.05) is 72.8 Å². The molecule has 1 atom stereocenters. The molecule has 1 aliphatic rings. The lowest BCUT2D eigenvalue weighted by Gasteiger charge is -2.25. The van der Waals surface area contributed by atoms with E-state index < -0.39 is 6.10 Å². The van der Waals surface area contributed by atoms with E-state index in [0.717, 1.165) is 11.1 Å². The van der Waals surface area contributed by atoms with Crippen LogP contribution in [0.3, 0.4) is 0 Å². The smallest absolute Gasteiger partial charge is 0.269 e. The van der Waals surface area contributed by atoms with Gasteiger partial charge in [0.1, 0.15) is 6.61 Å². The molecule has 0 saturated heterocycles. The second-order valence-corrected chi connectivity index (χ2v) is 8.56. The van der Waals surface area contributed by atoms with E-state index in [-0.39, 0.29) is 18.4 Å². The van der Waals surface area contributed by atoms with Crippen LogP contribution < -0.4 is 14.8 Å². The maximum absolute atomic E-state index is 13.5. The van der Waals surface area contributed by atoms with Gasteiger partial charge in [0.25, 0.3) is 11.8 Å². The minimum atomic E-state index is -0.756. The number of anilines is 1. The summed E-state index contributed by atoms with van der Waals surface area (Å²) in [4.78, 5) is 28.0. The first-order valence-electron chi connectivity index (χ1n) is 11.8. The third kappa shape index (κ3) is 5.55. The summed E-state index contributed by atoms with van der Waals surface area (Å²) in [5.41, 5.74) is 3.24. The summed E-state index contributed by atoms with van der Waals surface area (Å²) >= 11 is 0. The largest absolute Gasteiger partial charge is 0.485 e. The van der Waals surface area contributed by atoms with E-state index in [0.29, 0.717) is 35.8 Å². The number of ether oxygens (including phenoxy) is 2. The maximum Gasteiger partial charge on any atom is 0.269 e. The Morgan fingerprint density at radius 3 is 1.89 bits per heavy atom. The SMILES string of the molecule is O=C(Nc1ccc(C(=O)N(Cc2ccccc2)Cc2ccccc2)cc1)C1COc2ccccc2O1. The van der Waals surface area contributed by atoms with E-state index >= 15 is 0 Å². The van der Waals surface area contributed by atoms with Gasteiger partial charge in [-0.3, -0.25) is 9.59 Å². The quantitative estimate of drug-likeness (QED) is 0.391. The van der Waals surface area contributed by atoms with Gasteiger partial charge < -0.3 is 19.7 Å². The fourth-order valence-electron chi connectivity index (χ4n) is 4.06. The molecule has 5 rings (SSSR count). The van der Waals surface area contributed by atoms with E-state index in [4.69, 9.17) is 9.47 Å². The molecule has 0 bridgehead atoms. The molecule has 0 aromatic heterocycles. The van der Waals surface area contributed by atoms with Gasteiger partial charge in [-0.15, -0.1) is 0 Å². The van der Waals surface area contributed by atoms with Crippen LogP contribution in [0.4, 0.5) is 5.69 Å². The molecule has 0 spiro atoms. The molecule has 0 fully saturated rings. The van der Waals surface area contributed by atoms with E-state index in [2.05, 4.69) is 5.32 Å². The van der Waals surface area contributed by atoms with Crippen molar-refractivity contribution in [2.24, 2.45) is 0 Å². The number of carbonyl (C=O) groups is 2. The minimum absolute atomic E-state index is 0.0822. The normalized spacial score (nSPS) is 14.1. The Kier molecular flexibility index (Phi) is 6.94. The Bertz CT molecular complexity index is 1280. The van der Waals surface area contributed by atoms with Gasteiger partial charge >= 0.3 is 0 Å². The van der Waals surface area contributed by atoms with Crippen molar-refractivity contribution in [3.05, 3.63) is 126 Å². The van der Waals surface area contributed by atoms with Crippen molar-refractivity contribution < 1.29 is 19.1 Å². The molecular formula is C30H26N2O4. The van der Waals surface area contributed by atoms with Crippen molar-refractivity contribution >= 4 is 17.5 Å². The molecule has 6 heteroatoms. The highest BCUT2D eigenvalue weighted by Crippen LogP contribution is 2.31. The van der Waals surface area contributed by atoms with Gasteiger partial charge in [0, 0.05) is 24.3 Å². The first-order chi connectivity index (χ1) is 17.7. The van der Waals surface area contributed by atoms with Crippen LogP contribution in [0.2, 0.25) is 0 Å². The number of benzene rings is 4. The van der Waals surface area contributed by atoms with E-state index in [9.17, 15) is 9.59 Å². The van der Waals surface area contributed by atoms with Gasteiger partial charge in [0.05, 0.1) is 0 Å². The third-order valence-electron chi connectivity index (χ3n) is 5.92. The van der Waals surface area contributed by atoms with E-state index in [1.807, 2.05) is 77.7 Å². The Balaban J connectivity index is 1.26. The van der Waals surface area contributed by atoms with Crippen molar-refractivity contribution in [3.8, 4) is 11.5 Å². The molecule has 1 unspecified atom stereocenters. The third-order valence-corrected chi connectivity index (χ3v) is 5.92. The zero-order valence-electron chi connectivity index (χ0n) is 19.7. The molecule has 0 aliphatic carbocycles. The number of carbonyl (C=O) groups excluding carboxylic acids is 2. The Labute approximate surface area is 210 Å². The Morgan fingerprint density at radius 1 is 0.722 bits per heavy atom. The standard InChI is InChI=1S/C30H26N2O4/c33-29(28-21-35-26-13-7-8-14-27(26)36-28)31-25-17-15-24(16-18-25)30(34)32(19-22-9-3-1-4-10-22)20-23-11-5-2-6-12-23/h1-18,28H,19-21H2,(H,31,33). The average molecular weight is 479 g/mol. The lowest BCUT2D eigenvalue weighted by atomic mass is 10.1. The highest BCUT2D eigenvalue weighted by atomic mass is 16.6. The first-order valence-corrected chi connectivity index (χ1v) is 11.8. The monoisotopic (exact) mass is 478 g/mol. The molecule has 0 radical (unpaired) electrons. The second kappa shape index (κ2) is 10.8. The number of rotatable bonds is 7. The zero-order valence-corrected chi connectivity index (χ0v) is 19.7. The lowest BCUT2D eigenvalue weighted by Crippen LogP contribution is -2.40. The number of hydrogen-bond acceptors (Lipinski definition) is 4. The number of nitrogens with zero attached hydrogens (tertiary/aromatic N) is 1. The van der Waals surface area contributed by atoms with Crippen LogP contribution >= 0.6 is 0 Å². The summed E-state index contributed by atoms with van der Waals surface area (Å²) in [7, 11) is 0. The number of fused-ring (bicyclic) bond motifs is 1. The Morgan fingerprint density at radius 2 is 1.28 bits per heavy atom. The first kappa shape index (κ1) is 23.2. The summed E-state index contributed by atoms with van der Waals surface area (Å²) in [5, 5.41) is 2.85. The molecule has 0 saturated carbocycles. The fourth-order valence-corrected chi connectivity index (χ4v) is 4.06. The molecule has 6 nitrogen and oxygen atoms in total. The van der Waals surface area contributed by atoms with Gasteiger partial charge in [0.2, 0.25) is 6.10 Å². The molecular weight excluding hydrogens is 452 g/mol. The molecule has 4 aromatic rings. The van der Waals surface area contributed by atoms with Gasteiger partial charge in [-0.2, -0.15) is 0 Å². The van der Waals surface area contributed by atoms with Crippen LogP contribution in [-0.2, 0) is 17.9 Å². The number of nitrogens with one attached hydrogen (secondary N) is 1. The highest BCUT2D eigenvalue weighted by Gasteiger charge is 2.27. The van der Waals surface area contributed by atoms with Crippen LogP contribution in [0.25, 0.3) is 0 Å². The van der Waals surface area contributed by atoms with Gasteiger partial charge in [0.15, 0.2) is 11.5 Å². The molecule has 2 amide bonds. The lowest BCUT2D eigenvalue weighted by molar-refractivity contribution is -0.125. The molecule has 4 aromatic carbocycles. The van der Waals surface area contributed by atoms with Gasteiger partial charge in [-0.25, -0.2) is 0 Å². The topological polar surface area (TPSA) is 67.9 Å². The van der Waals surface area contributed by atoms with Crippen molar-refractivity contribution in [2.75, 3.05) is 11.9 Å². The van der Waals surface area contributed by atoms with Crippen molar-refractivity contribution in [2.45, 2.75) is 19.2 Å². The maximum atomic E-state index is 13.5. The number of hydrogen-bond donors (Lipinski definition) is 1. The Hall–Kier alpha value is -4.58. The van der Waals surface area contributed by atoms with Crippen molar-refractivity contribution in [1.82, 2.24) is 4.90 Å². The van der Waals surface area contributed by atoms with Crippen LogP contribution in [0, 0.1) is 0 Å². The van der Waals surface area contributed by atoms with Crippen LogP contribution in [0.1, 0.15) is 21.5 Å². The van der Waals surface area contributed by atoms with Crippen LogP contribution in [0.15, 0.2) is 109 Å². The van der Waals surface area contributed by atoms with Crippen LogP contribution in [0.5, 0.6) is 11.5 Å². The molecule has 1 aliphatic heterocycles. The number of amides is 2. The van der Waals surface area contributed by atoms with E-state index in [1.165, 1.54) is 0 Å². The molecule has 36 heavy (non-hydrogen) atoms. The predicted molar refractivity (Wildman–Crippen MR) is 138 cm³/mol. The fraction of sp³-hybridized carbons (Fsp3) is 0.133. The summed E-state index contributed by atoms with van der Waals surface area (Å²) in [6.45, 7) is 1.12. The zero-order chi connectivity index (χ0) is 24.7. The summed E-state index contributed by atoms with van der Waals surface area (Å²) in [6, 6.07) is 34.0. The van der Waals surface area contributed by atoms with Crippen LogP contribution in [-0.4, -0.2) is 29.4 Å². The van der Waals surface area contributed by atoms with Gasteiger partial charge in [-0.05, 0) is 47.5 Å². The van der Waals surface area contributed by atoms with Crippen molar-refractivity contribution in [1.29, 1.82) is 0 Å². The summed E-state index contributed by atoms with van der Waals surface area (Å²) < 4.78 is 11.4. The molecule has 1 N–H and O–H groups in total. The molecule has 180 valence electrons. The van der Waals surface area contributed by atoms with E-state index in [1.54, 1.807) is 36.4 Å². The number of para-hydroxylation sites is 2. The summed E-state index contributed by atoms with van der Waals surface area (Å²) in [5.74, 6) is 0.779. The minimum Gasteiger partial charge on any atom is -0.485 e. The molecule has 1 heterocycles. The average Bonchev–Trinajstić information content (AvgIpc) is 2.93. The highest BCUT2D eigenvalue weighted by molar-refractivity contribution is 5.97. The predicted octanol–water partition coefficient (Wildman–Crippen LogP) is 5.31.